The van der Waals surface area contributed by atoms with Crippen LogP contribution in [0.2, 0.25) is 5.15 Å². The number of rotatable bonds is 3. The van der Waals surface area contributed by atoms with Gasteiger partial charge in [0.05, 0.1) is 12.5 Å². The molecule has 6 heterocycles. The molecule has 0 aromatic carbocycles. The second kappa shape index (κ2) is 13.2. The van der Waals surface area contributed by atoms with E-state index in [1.165, 1.54) is 31.5 Å². The molecule has 1 N–H and O–H groups in total. The SMILES string of the molecule is N#Cc1cn(-c2ccc(-n3cnc(C#N)c3)nn2)cn1.N#Cc1cn(-c2ccc(Cl)nn2)cn1.N#Cc1cnc[nH]1. The molecule has 0 unspecified atom stereocenters. The highest BCUT2D eigenvalue weighted by Gasteiger charge is 2.05. The molecule has 0 bridgehead atoms. The third-order valence-corrected chi connectivity index (χ3v) is 4.96. The van der Waals surface area contributed by atoms with E-state index >= 15 is 0 Å². The monoisotopic (exact) mass is 560 g/mol. The van der Waals surface area contributed by atoms with Crippen molar-refractivity contribution in [2.45, 2.75) is 0 Å². The highest BCUT2D eigenvalue weighted by atomic mass is 35.5. The van der Waals surface area contributed by atoms with Crippen molar-refractivity contribution < 1.29 is 0 Å². The van der Waals surface area contributed by atoms with Crippen molar-refractivity contribution in [3.8, 4) is 41.7 Å². The Morgan fingerprint density at radius 2 is 1.05 bits per heavy atom. The van der Waals surface area contributed by atoms with E-state index in [9.17, 15) is 0 Å². The van der Waals surface area contributed by atoms with Crippen molar-refractivity contribution in [1.82, 2.24) is 59.0 Å². The molecule has 0 aliphatic rings. The van der Waals surface area contributed by atoms with Crippen LogP contribution in [0, 0.1) is 45.3 Å². The Hall–Kier alpha value is -6.75. The highest BCUT2D eigenvalue weighted by Crippen LogP contribution is 2.09. The van der Waals surface area contributed by atoms with Gasteiger partial charge < -0.3 is 4.98 Å². The van der Waals surface area contributed by atoms with Crippen molar-refractivity contribution in [2.24, 2.45) is 0 Å². The summed E-state index contributed by atoms with van der Waals surface area (Å²) in [5, 5.41) is 50.0. The largest absolute Gasteiger partial charge is 0.336 e. The summed E-state index contributed by atoms with van der Waals surface area (Å²) in [4.78, 5) is 17.8. The maximum atomic E-state index is 8.72. The van der Waals surface area contributed by atoms with Crippen LogP contribution in [0.15, 0.2) is 74.4 Å². The molecule has 0 radical (unpaired) electrons. The van der Waals surface area contributed by atoms with E-state index in [4.69, 9.17) is 32.6 Å². The van der Waals surface area contributed by atoms with E-state index in [-0.39, 0.29) is 0 Å². The van der Waals surface area contributed by atoms with E-state index in [1.807, 2.05) is 24.3 Å². The zero-order valence-corrected chi connectivity index (χ0v) is 21.3. The Kier molecular flexibility index (Phi) is 8.76. The standard InChI is InChI=1S/C12H6N8.C8H4ClN5.C4H3N3/c13-3-9-5-19(7-15-9)11-1-2-12(18-17-11)20-6-10(4-14)16-8-20;9-7-1-2-8(13-12-7)14-4-6(3-10)11-5-14;5-1-4-2-6-3-7-4/h1-2,5-8H;1-2,4-5H;2-3H,(H,6,7). The number of nitrogens with zero attached hydrogens (tertiary/aromatic N) is 15. The van der Waals surface area contributed by atoms with Gasteiger partial charge >= 0.3 is 0 Å². The van der Waals surface area contributed by atoms with E-state index in [1.54, 1.807) is 56.6 Å². The maximum absolute atomic E-state index is 8.72. The summed E-state index contributed by atoms with van der Waals surface area (Å²) in [6.45, 7) is 0. The van der Waals surface area contributed by atoms with Gasteiger partial charge in [-0.15, -0.1) is 20.4 Å². The first-order chi connectivity index (χ1) is 20.0. The summed E-state index contributed by atoms with van der Waals surface area (Å²) < 4.78 is 4.80. The Morgan fingerprint density at radius 3 is 1.32 bits per heavy atom. The van der Waals surface area contributed by atoms with Crippen LogP contribution in [-0.4, -0.2) is 59.0 Å². The molecule has 6 aromatic heterocycles. The fourth-order valence-corrected chi connectivity index (χ4v) is 2.98. The van der Waals surface area contributed by atoms with E-state index in [2.05, 4.69) is 45.3 Å². The lowest BCUT2D eigenvalue weighted by molar-refractivity contribution is 0.864. The molecule has 0 atom stereocenters. The third kappa shape index (κ3) is 7.18. The van der Waals surface area contributed by atoms with Crippen LogP contribution in [0.5, 0.6) is 0 Å². The van der Waals surface area contributed by atoms with Gasteiger partial charge in [-0.1, -0.05) is 11.6 Å². The molecule has 0 aliphatic carbocycles. The zero-order valence-electron chi connectivity index (χ0n) is 20.5. The van der Waals surface area contributed by atoms with E-state index in [0.717, 1.165) is 0 Å². The maximum Gasteiger partial charge on any atom is 0.160 e. The summed E-state index contributed by atoms with van der Waals surface area (Å²) in [5.41, 5.74) is 1.45. The van der Waals surface area contributed by atoms with Gasteiger partial charge in [-0.25, -0.2) is 19.9 Å². The molecule has 0 saturated carbocycles. The summed E-state index contributed by atoms with van der Waals surface area (Å²) in [6, 6.07) is 14.5. The molecule has 0 saturated heterocycles. The number of imidazole rings is 4. The highest BCUT2D eigenvalue weighted by molar-refractivity contribution is 6.29. The number of hydrogen-bond donors (Lipinski definition) is 1. The predicted octanol–water partition coefficient (Wildman–Crippen LogP) is 2.06. The molecular formula is C24H13ClN16. The van der Waals surface area contributed by atoms with Crippen molar-refractivity contribution in [2.75, 3.05) is 0 Å². The molecular weight excluding hydrogens is 548 g/mol. The lowest BCUT2D eigenvalue weighted by Crippen LogP contribution is -2.01. The number of aromatic amines is 1. The Bertz CT molecular complexity index is 1820. The fraction of sp³-hybridized carbons (Fsp3) is 0. The molecule has 17 heteroatoms. The van der Waals surface area contributed by atoms with Gasteiger partial charge in [-0.2, -0.15) is 21.0 Å². The van der Waals surface area contributed by atoms with Gasteiger partial charge in [0.1, 0.15) is 49.0 Å². The normalized spacial score (nSPS) is 9.49. The Morgan fingerprint density at radius 1 is 0.610 bits per heavy atom. The average Bonchev–Trinajstić information content (AvgIpc) is 3.85. The number of aromatic nitrogens is 12. The Labute approximate surface area is 235 Å². The minimum absolute atomic E-state index is 0.309. The van der Waals surface area contributed by atoms with E-state index < -0.39 is 0 Å². The minimum atomic E-state index is 0.309. The fourth-order valence-electron chi connectivity index (χ4n) is 2.87. The first kappa shape index (κ1) is 27.3. The molecule has 6 rings (SSSR count). The van der Waals surface area contributed by atoms with Gasteiger partial charge in [0.15, 0.2) is 39.7 Å². The number of hydrogen-bond acceptors (Lipinski definition) is 12. The van der Waals surface area contributed by atoms with Crippen molar-refractivity contribution in [1.29, 1.82) is 21.0 Å². The molecule has 0 fully saturated rings. The van der Waals surface area contributed by atoms with Gasteiger partial charge in [-0.05, 0) is 24.3 Å². The molecule has 16 nitrogen and oxygen atoms in total. The van der Waals surface area contributed by atoms with Gasteiger partial charge in [0.25, 0.3) is 0 Å². The first-order valence-electron chi connectivity index (χ1n) is 11.1. The quantitative estimate of drug-likeness (QED) is 0.327. The van der Waals surface area contributed by atoms with Crippen LogP contribution in [-0.2, 0) is 0 Å². The van der Waals surface area contributed by atoms with Crippen LogP contribution in [0.3, 0.4) is 0 Å². The van der Waals surface area contributed by atoms with Crippen LogP contribution in [0.4, 0.5) is 0 Å². The lowest BCUT2D eigenvalue weighted by Gasteiger charge is -2.02. The van der Waals surface area contributed by atoms with Crippen LogP contribution >= 0.6 is 11.6 Å². The summed E-state index contributed by atoms with van der Waals surface area (Å²) in [7, 11) is 0. The van der Waals surface area contributed by atoms with E-state index in [0.29, 0.717) is 45.4 Å². The Balaban J connectivity index is 0.000000159. The molecule has 0 amide bonds. The third-order valence-electron chi connectivity index (χ3n) is 4.76. The molecule has 0 aliphatic heterocycles. The van der Waals surface area contributed by atoms with Gasteiger partial charge in [0.2, 0.25) is 0 Å². The zero-order chi connectivity index (χ0) is 29.0. The topological polar surface area (TPSA) is 229 Å². The second-order valence-electron chi connectivity index (χ2n) is 7.38. The van der Waals surface area contributed by atoms with Crippen molar-refractivity contribution in [3.05, 3.63) is 102 Å². The number of halogens is 1. The number of nitrogens with one attached hydrogen (secondary N) is 1. The molecule has 6 aromatic rings. The van der Waals surface area contributed by atoms with Gasteiger partial charge in [0, 0.05) is 18.6 Å². The second-order valence-corrected chi connectivity index (χ2v) is 7.76. The van der Waals surface area contributed by atoms with Crippen LogP contribution in [0.25, 0.3) is 17.5 Å². The average molecular weight is 561 g/mol. The molecule has 196 valence electrons. The molecule has 41 heavy (non-hydrogen) atoms. The van der Waals surface area contributed by atoms with Crippen molar-refractivity contribution in [3.63, 3.8) is 0 Å². The molecule has 0 spiro atoms. The predicted molar refractivity (Wildman–Crippen MR) is 138 cm³/mol. The number of H-pyrrole nitrogens is 1. The summed E-state index contributed by atoms with van der Waals surface area (Å²) in [6.07, 6.45) is 12.1. The summed E-state index contributed by atoms with van der Waals surface area (Å²) in [5.74, 6) is 1.66. The smallest absolute Gasteiger partial charge is 0.160 e. The summed E-state index contributed by atoms with van der Waals surface area (Å²) >= 11 is 5.58. The first-order valence-corrected chi connectivity index (χ1v) is 11.5. The van der Waals surface area contributed by atoms with Crippen molar-refractivity contribution >= 4 is 11.6 Å². The van der Waals surface area contributed by atoms with Crippen LogP contribution in [0.1, 0.15) is 22.8 Å². The van der Waals surface area contributed by atoms with Crippen LogP contribution < -0.4 is 0 Å². The minimum Gasteiger partial charge on any atom is -0.336 e. The number of nitriles is 4. The lowest BCUT2D eigenvalue weighted by atomic mass is 10.4. The van der Waals surface area contributed by atoms with Gasteiger partial charge in [-0.3, -0.25) is 13.7 Å².